The summed E-state index contributed by atoms with van der Waals surface area (Å²) in [5.41, 5.74) is 3.10. The average Bonchev–Trinajstić information content (AvgIpc) is 2.73. The van der Waals surface area contributed by atoms with Gasteiger partial charge in [0, 0.05) is 5.57 Å². The second-order valence-corrected chi connectivity index (χ2v) is 6.39. The van der Waals surface area contributed by atoms with Crippen molar-refractivity contribution in [3.63, 3.8) is 0 Å². The molecule has 1 N–H and O–H groups in total. The fourth-order valence-electron chi connectivity index (χ4n) is 2.63. The Morgan fingerprint density at radius 1 is 0.821 bits per heavy atom. The maximum Gasteiger partial charge on any atom is 0.331 e. The first-order valence-electron chi connectivity index (χ1n) is 9.01. The molecule has 0 aliphatic carbocycles. The Hall–Kier alpha value is -3.53. The molecule has 28 heavy (non-hydrogen) atoms. The molecule has 142 valence electrons. The number of hydrogen-bond donors (Lipinski definition) is 1. The van der Waals surface area contributed by atoms with Crippen LogP contribution in [0, 0.1) is 0 Å². The van der Waals surface area contributed by atoms with Gasteiger partial charge in [0.2, 0.25) is 0 Å². The van der Waals surface area contributed by atoms with E-state index in [0.29, 0.717) is 24.7 Å². The minimum absolute atomic E-state index is 0.256. The third-order valence-electron chi connectivity index (χ3n) is 4.16. The molecule has 0 aliphatic heterocycles. The van der Waals surface area contributed by atoms with Crippen molar-refractivity contribution in [2.45, 2.75) is 20.1 Å². The summed E-state index contributed by atoms with van der Waals surface area (Å²) in [4.78, 5) is 11.1. The number of ether oxygens (including phenoxy) is 2. The van der Waals surface area contributed by atoms with Crippen LogP contribution in [0.5, 0.6) is 11.5 Å². The Morgan fingerprint density at radius 3 is 1.89 bits per heavy atom. The summed E-state index contributed by atoms with van der Waals surface area (Å²) in [5.74, 6) is 0.243. The molecule has 0 fully saturated rings. The third-order valence-corrected chi connectivity index (χ3v) is 4.16. The van der Waals surface area contributed by atoms with Gasteiger partial charge < -0.3 is 14.6 Å². The fraction of sp³-hybridized carbons (Fsp3) is 0.125. The van der Waals surface area contributed by atoms with E-state index < -0.39 is 5.97 Å². The van der Waals surface area contributed by atoms with Crippen LogP contribution in [0.25, 0.3) is 6.08 Å². The molecule has 3 aromatic rings. The minimum Gasteiger partial charge on any atom is -0.485 e. The summed E-state index contributed by atoms with van der Waals surface area (Å²) < 4.78 is 11.9. The van der Waals surface area contributed by atoms with Gasteiger partial charge in [-0.15, -0.1) is 0 Å². The van der Waals surface area contributed by atoms with Crippen LogP contribution in [0.2, 0.25) is 0 Å². The zero-order valence-electron chi connectivity index (χ0n) is 15.7. The molecule has 0 aliphatic rings. The lowest BCUT2D eigenvalue weighted by Gasteiger charge is -2.14. The van der Waals surface area contributed by atoms with Crippen molar-refractivity contribution < 1.29 is 19.4 Å². The predicted octanol–water partition coefficient (Wildman–Crippen LogP) is 5.33. The lowest BCUT2D eigenvalue weighted by molar-refractivity contribution is -0.132. The van der Waals surface area contributed by atoms with E-state index >= 15 is 0 Å². The van der Waals surface area contributed by atoms with Crippen LogP contribution in [0.1, 0.15) is 23.6 Å². The number of carbonyl (C=O) groups is 1. The highest BCUT2D eigenvalue weighted by Gasteiger charge is 2.09. The lowest BCUT2D eigenvalue weighted by atomic mass is 10.1. The summed E-state index contributed by atoms with van der Waals surface area (Å²) in [5, 5.41) is 9.11. The van der Waals surface area contributed by atoms with Gasteiger partial charge in [-0.3, -0.25) is 0 Å². The van der Waals surface area contributed by atoms with Crippen molar-refractivity contribution in [2.75, 3.05) is 0 Å². The zero-order valence-corrected chi connectivity index (χ0v) is 15.7. The monoisotopic (exact) mass is 374 g/mol. The summed E-state index contributed by atoms with van der Waals surface area (Å²) in [7, 11) is 0. The van der Waals surface area contributed by atoms with Gasteiger partial charge >= 0.3 is 5.97 Å². The van der Waals surface area contributed by atoms with Crippen molar-refractivity contribution in [1.82, 2.24) is 0 Å². The quantitative estimate of drug-likeness (QED) is 0.541. The Balaban J connectivity index is 1.82. The smallest absolute Gasteiger partial charge is 0.331 e. The molecule has 0 atom stereocenters. The van der Waals surface area contributed by atoms with Crippen molar-refractivity contribution >= 4 is 12.0 Å². The molecular weight excluding hydrogens is 352 g/mol. The van der Waals surface area contributed by atoms with E-state index in [1.165, 1.54) is 0 Å². The largest absolute Gasteiger partial charge is 0.485 e. The third kappa shape index (κ3) is 5.48. The van der Waals surface area contributed by atoms with Crippen molar-refractivity contribution in [2.24, 2.45) is 0 Å². The maximum atomic E-state index is 11.1. The fourth-order valence-corrected chi connectivity index (χ4v) is 2.63. The normalized spacial score (nSPS) is 11.1. The maximum absolute atomic E-state index is 11.1. The van der Waals surface area contributed by atoms with Gasteiger partial charge in [0.25, 0.3) is 0 Å². The molecule has 0 saturated heterocycles. The number of hydrogen-bond acceptors (Lipinski definition) is 3. The summed E-state index contributed by atoms with van der Waals surface area (Å²) >= 11 is 0. The highest BCUT2D eigenvalue weighted by Crippen LogP contribution is 2.31. The average molecular weight is 374 g/mol. The summed E-state index contributed by atoms with van der Waals surface area (Å²) in [6.45, 7) is 2.38. The van der Waals surface area contributed by atoms with Gasteiger partial charge in [-0.1, -0.05) is 66.7 Å². The van der Waals surface area contributed by atoms with E-state index in [1.54, 1.807) is 19.1 Å². The van der Waals surface area contributed by atoms with E-state index in [2.05, 4.69) is 0 Å². The molecule has 0 aromatic heterocycles. The Labute approximate surface area is 164 Å². The summed E-state index contributed by atoms with van der Waals surface area (Å²) in [6.07, 6.45) is 1.61. The SMILES string of the molecule is CC(=Cc1ccc(OCc2ccccc2)c(OCc2ccccc2)c1)C(=O)O. The molecule has 0 saturated carbocycles. The molecule has 0 heterocycles. The van der Waals surface area contributed by atoms with Crippen LogP contribution in [0.15, 0.2) is 84.4 Å². The Bertz CT molecular complexity index is 947. The van der Waals surface area contributed by atoms with Crippen LogP contribution in [-0.2, 0) is 18.0 Å². The number of carboxylic acids is 1. The first-order chi connectivity index (χ1) is 13.6. The molecule has 4 heteroatoms. The minimum atomic E-state index is -0.948. The predicted molar refractivity (Wildman–Crippen MR) is 109 cm³/mol. The van der Waals surface area contributed by atoms with E-state index in [-0.39, 0.29) is 5.57 Å². The molecule has 0 bridgehead atoms. The lowest BCUT2D eigenvalue weighted by Crippen LogP contribution is -2.01. The molecule has 0 radical (unpaired) electrons. The highest BCUT2D eigenvalue weighted by molar-refractivity contribution is 5.91. The number of aliphatic carboxylic acids is 1. The van der Waals surface area contributed by atoms with E-state index in [0.717, 1.165) is 16.7 Å². The van der Waals surface area contributed by atoms with Crippen molar-refractivity contribution in [1.29, 1.82) is 0 Å². The second kappa shape index (κ2) is 9.42. The van der Waals surface area contributed by atoms with Crippen molar-refractivity contribution in [3.05, 3.63) is 101 Å². The number of rotatable bonds is 8. The molecule has 3 aromatic carbocycles. The first kappa shape index (κ1) is 19.2. The van der Waals surface area contributed by atoms with Crippen LogP contribution in [0.3, 0.4) is 0 Å². The molecule has 3 rings (SSSR count). The van der Waals surface area contributed by atoms with Gasteiger partial charge in [-0.2, -0.15) is 0 Å². The summed E-state index contributed by atoms with van der Waals surface area (Å²) in [6, 6.07) is 25.2. The Kier molecular flexibility index (Phi) is 6.47. The molecule has 0 unspecified atom stereocenters. The molecule has 4 nitrogen and oxygen atoms in total. The first-order valence-corrected chi connectivity index (χ1v) is 9.01. The molecule has 0 spiro atoms. The van der Waals surface area contributed by atoms with E-state index in [4.69, 9.17) is 14.6 Å². The van der Waals surface area contributed by atoms with Gasteiger partial charge in [-0.25, -0.2) is 4.79 Å². The van der Waals surface area contributed by atoms with Crippen molar-refractivity contribution in [3.8, 4) is 11.5 Å². The molecule has 0 amide bonds. The number of benzene rings is 3. The van der Waals surface area contributed by atoms with Crippen LogP contribution >= 0.6 is 0 Å². The van der Waals surface area contributed by atoms with Gasteiger partial charge in [-0.05, 0) is 41.8 Å². The topological polar surface area (TPSA) is 55.8 Å². The number of carboxylic acid groups (broad SMARTS) is 1. The van der Waals surface area contributed by atoms with Crippen LogP contribution < -0.4 is 9.47 Å². The van der Waals surface area contributed by atoms with Gasteiger partial charge in [0.15, 0.2) is 11.5 Å². The standard InChI is InChI=1S/C24H22O4/c1-18(24(25)26)14-21-12-13-22(27-16-19-8-4-2-5-9-19)23(15-21)28-17-20-10-6-3-7-11-20/h2-15H,16-17H2,1H3,(H,25,26). The van der Waals surface area contributed by atoms with Gasteiger partial charge in [0.1, 0.15) is 13.2 Å². The Morgan fingerprint density at radius 2 is 1.36 bits per heavy atom. The van der Waals surface area contributed by atoms with Crippen LogP contribution in [-0.4, -0.2) is 11.1 Å². The van der Waals surface area contributed by atoms with Gasteiger partial charge in [0.05, 0.1) is 0 Å². The second-order valence-electron chi connectivity index (χ2n) is 6.39. The zero-order chi connectivity index (χ0) is 19.8. The molecular formula is C24H22O4. The highest BCUT2D eigenvalue weighted by atomic mass is 16.5. The van der Waals surface area contributed by atoms with E-state index in [9.17, 15) is 4.79 Å². The van der Waals surface area contributed by atoms with E-state index in [1.807, 2.05) is 72.8 Å². The van der Waals surface area contributed by atoms with Crippen LogP contribution in [0.4, 0.5) is 0 Å².